The lowest BCUT2D eigenvalue weighted by atomic mass is 10.3. The van der Waals surface area contributed by atoms with Gasteiger partial charge in [0.05, 0.1) is 0 Å². The molecule has 0 saturated carbocycles. The van der Waals surface area contributed by atoms with Crippen molar-refractivity contribution >= 4 is 23.3 Å². The van der Waals surface area contributed by atoms with E-state index in [4.69, 9.17) is 16.8 Å². The Morgan fingerprint density at radius 3 is 2.57 bits per heavy atom. The van der Waals surface area contributed by atoms with Crippen LogP contribution in [0.1, 0.15) is 6.92 Å². The monoisotopic (exact) mass is 214 g/mol. The van der Waals surface area contributed by atoms with E-state index in [2.05, 4.69) is 5.32 Å². The molecule has 2 amide bonds. The van der Waals surface area contributed by atoms with E-state index in [-0.39, 0.29) is 6.54 Å². The molecule has 0 bridgehead atoms. The average Bonchev–Trinajstić information content (AvgIpc) is 2.20. The largest absolute Gasteiger partial charge is 0.345 e. The molecule has 2 N–H and O–H groups in total. The lowest BCUT2D eigenvalue weighted by molar-refractivity contribution is -0.0324. The first-order valence-corrected chi connectivity index (χ1v) is 4.54. The van der Waals surface area contributed by atoms with Gasteiger partial charge in [-0.05, 0) is 31.2 Å². The van der Waals surface area contributed by atoms with Crippen LogP contribution in [0.4, 0.5) is 10.5 Å². The van der Waals surface area contributed by atoms with E-state index < -0.39 is 6.03 Å². The maximum absolute atomic E-state index is 11.2. The maximum atomic E-state index is 11.2. The van der Waals surface area contributed by atoms with Gasteiger partial charge in [0.2, 0.25) is 0 Å². The summed E-state index contributed by atoms with van der Waals surface area (Å²) in [5.41, 5.74) is 0.590. The number of hydrogen-bond donors (Lipinski definition) is 2. The third-order valence-corrected chi connectivity index (χ3v) is 1.88. The Balaban J connectivity index is 2.60. The highest BCUT2D eigenvalue weighted by Crippen LogP contribution is 2.13. The minimum atomic E-state index is -0.560. The summed E-state index contributed by atoms with van der Waals surface area (Å²) in [4.78, 5) is 11.2. The standard InChI is InChI=1S/C9H11ClN2O2/c1-2-12(14)9(13)11-8-5-3-7(10)4-6-8/h3-6,14H,2H2,1H3,(H,11,13). The van der Waals surface area contributed by atoms with Crippen LogP contribution in [0.5, 0.6) is 0 Å². The van der Waals surface area contributed by atoms with Gasteiger partial charge in [0.15, 0.2) is 0 Å². The Morgan fingerprint density at radius 1 is 1.50 bits per heavy atom. The Morgan fingerprint density at radius 2 is 2.07 bits per heavy atom. The van der Waals surface area contributed by atoms with E-state index in [1.54, 1.807) is 31.2 Å². The lowest BCUT2D eigenvalue weighted by Gasteiger charge is -2.13. The van der Waals surface area contributed by atoms with Crippen LogP contribution in [0.2, 0.25) is 5.02 Å². The van der Waals surface area contributed by atoms with Crippen LogP contribution in [0.15, 0.2) is 24.3 Å². The second-order valence-electron chi connectivity index (χ2n) is 2.65. The minimum Gasteiger partial charge on any atom is -0.306 e. The zero-order chi connectivity index (χ0) is 10.6. The SMILES string of the molecule is CCN(O)C(=O)Nc1ccc(Cl)cc1. The molecule has 0 aliphatic rings. The minimum absolute atomic E-state index is 0.236. The zero-order valence-corrected chi connectivity index (χ0v) is 8.45. The zero-order valence-electron chi connectivity index (χ0n) is 7.70. The number of carbonyl (C=O) groups excluding carboxylic acids is 1. The van der Waals surface area contributed by atoms with E-state index in [0.29, 0.717) is 15.8 Å². The Hall–Kier alpha value is -1.26. The van der Waals surface area contributed by atoms with Crippen molar-refractivity contribution < 1.29 is 10.0 Å². The molecule has 4 nitrogen and oxygen atoms in total. The highest BCUT2D eigenvalue weighted by Gasteiger charge is 2.07. The normalized spacial score (nSPS) is 9.64. The van der Waals surface area contributed by atoms with Crippen LogP contribution in [-0.4, -0.2) is 22.8 Å². The topological polar surface area (TPSA) is 52.6 Å². The van der Waals surface area contributed by atoms with Gasteiger partial charge >= 0.3 is 6.03 Å². The van der Waals surface area contributed by atoms with Crippen molar-refractivity contribution in [2.75, 3.05) is 11.9 Å². The summed E-state index contributed by atoms with van der Waals surface area (Å²) in [5, 5.41) is 12.7. The van der Waals surface area contributed by atoms with E-state index in [1.807, 2.05) is 0 Å². The van der Waals surface area contributed by atoms with Gasteiger partial charge in [-0.2, -0.15) is 0 Å². The number of nitrogens with one attached hydrogen (secondary N) is 1. The van der Waals surface area contributed by atoms with Crippen molar-refractivity contribution in [2.24, 2.45) is 0 Å². The molecule has 1 aromatic rings. The predicted molar refractivity (Wildman–Crippen MR) is 54.6 cm³/mol. The maximum Gasteiger partial charge on any atom is 0.345 e. The summed E-state index contributed by atoms with van der Waals surface area (Å²) in [6.45, 7) is 1.90. The van der Waals surface area contributed by atoms with Crippen molar-refractivity contribution in [1.82, 2.24) is 5.06 Å². The number of carbonyl (C=O) groups is 1. The van der Waals surface area contributed by atoms with Crippen LogP contribution >= 0.6 is 11.6 Å². The third kappa shape index (κ3) is 2.90. The molecule has 0 unspecified atom stereocenters. The number of hydrogen-bond acceptors (Lipinski definition) is 2. The smallest absolute Gasteiger partial charge is 0.306 e. The van der Waals surface area contributed by atoms with Crippen LogP contribution in [-0.2, 0) is 0 Å². The van der Waals surface area contributed by atoms with E-state index in [0.717, 1.165) is 0 Å². The molecule has 5 heteroatoms. The number of rotatable bonds is 2. The second kappa shape index (κ2) is 4.83. The second-order valence-corrected chi connectivity index (χ2v) is 3.09. The first kappa shape index (κ1) is 10.8. The molecule has 1 rings (SSSR count). The molecule has 0 fully saturated rings. The van der Waals surface area contributed by atoms with Crippen molar-refractivity contribution in [2.45, 2.75) is 6.92 Å². The van der Waals surface area contributed by atoms with Crippen molar-refractivity contribution in [3.8, 4) is 0 Å². The molecule has 0 aromatic heterocycles. The van der Waals surface area contributed by atoms with Crippen molar-refractivity contribution in [3.63, 3.8) is 0 Å². The fourth-order valence-electron chi connectivity index (χ4n) is 0.865. The summed E-state index contributed by atoms with van der Waals surface area (Å²) in [6, 6.07) is 6.07. The average molecular weight is 215 g/mol. The number of nitrogens with zero attached hydrogens (tertiary/aromatic N) is 1. The predicted octanol–water partition coefficient (Wildman–Crippen LogP) is 2.58. The third-order valence-electron chi connectivity index (χ3n) is 1.63. The summed E-state index contributed by atoms with van der Waals surface area (Å²) in [5.74, 6) is 0. The molecule has 0 spiro atoms. The van der Waals surface area contributed by atoms with Gasteiger partial charge < -0.3 is 5.32 Å². The number of amides is 2. The van der Waals surface area contributed by atoms with Crippen molar-refractivity contribution in [1.29, 1.82) is 0 Å². The Labute approximate surface area is 87.0 Å². The summed E-state index contributed by atoms with van der Waals surface area (Å²) in [6.07, 6.45) is 0. The molecule has 0 heterocycles. The van der Waals surface area contributed by atoms with Gasteiger partial charge in [0.1, 0.15) is 0 Å². The van der Waals surface area contributed by atoms with Crippen LogP contribution in [0.25, 0.3) is 0 Å². The molecule has 14 heavy (non-hydrogen) atoms. The van der Waals surface area contributed by atoms with E-state index >= 15 is 0 Å². The van der Waals surface area contributed by atoms with Gasteiger partial charge in [0, 0.05) is 17.3 Å². The first-order chi connectivity index (χ1) is 6.63. The fourth-order valence-corrected chi connectivity index (χ4v) is 0.991. The van der Waals surface area contributed by atoms with Crippen LogP contribution < -0.4 is 5.32 Å². The lowest BCUT2D eigenvalue weighted by Crippen LogP contribution is -2.31. The first-order valence-electron chi connectivity index (χ1n) is 4.16. The fraction of sp³-hybridized carbons (Fsp3) is 0.222. The van der Waals surface area contributed by atoms with Crippen molar-refractivity contribution in [3.05, 3.63) is 29.3 Å². The highest BCUT2D eigenvalue weighted by molar-refractivity contribution is 6.30. The van der Waals surface area contributed by atoms with E-state index in [1.165, 1.54) is 0 Å². The van der Waals surface area contributed by atoms with Gasteiger partial charge in [0.25, 0.3) is 0 Å². The van der Waals surface area contributed by atoms with Gasteiger partial charge in [-0.1, -0.05) is 11.6 Å². The molecule has 0 atom stereocenters. The van der Waals surface area contributed by atoms with Gasteiger partial charge in [-0.3, -0.25) is 5.21 Å². The van der Waals surface area contributed by atoms with Gasteiger partial charge in [-0.15, -0.1) is 0 Å². The number of urea groups is 1. The Bertz CT molecular complexity index is 313. The molecule has 0 radical (unpaired) electrons. The quantitative estimate of drug-likeness (QED) is 0.587. The molecule has 0 aliphatic heterocycles. The molecular formula is C9H11ClN2O2. The number of halogens is 1. The molecule has 0 saturated heterocycles. The molecular weight excluding hydrogens is 204 g/mol. The Kier molecular flexibility index (Phi) is 3.73. The van der Waals surface area contributed by atoms with E-state index in [9.17, 15) is 4.79 Å². The molecule has 0 aliphatic carbocycles. The van der Waals surface area contributed by atoms with Crippen LogP contribution in [0.3, 0.4) is 0 Å². The van der Waals surface area contributed by atoms with Crippen LogP contribution in [0, 0.1) is 0 Å². The summed E-state index contributed by atoms with van der Waals surface area (Å²) < 4.78 is 0. The van der Waals surface area contributed by atoms with Gasteiger partial charge in [-0.25, -0.2) is 9.86 Å². The summed E-state index contributed by atoms with van der Waals surface area (Å²) in [7, 11) is 0. The summed E-state index contributed by atoms with van der Waals surface area (Å²) >= 11 is 5.67. The molecule has 76 valence electrons. The highest BCUT2D eigenvalue weighted by atomic mass is 35.5. The molecule has 1 aromatic carbocycles. The number of benzene rings is 1. The number of anilines is 1. The number of hydroxylamine groups is 2.